The van der Waals surface area contributed by atoms with E-state index in [-0.39, 0.29) is 16.9 Å². The maximum Gasteiger partial charge on any atom is 0.424 e. The largest absolute Gasteiger partial charge is 0.443 e. The highest BCUT2D eigenvalue weighted by Crippen LogP contribution is 2.30. The van der Waals surface area contributed by atoms with Gasteiger partial charge in [0, 0.05) is 6.20 Å². The highest BCUT2D eigenvalue weighted by atomic mass is 19.1. The van der Waals surface area contributed by atoms with Crippen LogP contribution >= 0.6 is 0 Å². The van der Waals surface area contributed by atoms with Crippen LogP contribution in [0.1, 0.15) is 41.5 Å². The number of nitrogen functional groups attached to an aromatic ring is 1. The average molecular weight is 377 g/mol. The smallest absolute Gasteiger partial charge is 0.424 e. The van der Waals surface area contributed by atoms with Gasteiger partial charge < -0.3 is 15.2 Å². The number of carbonyl (C=O) groups excluding carboxylic acids is 2. The van der Waals surface area contributed by atoms with Gasteiger partial charge in [0.25, 0.3) is 0 Å². The number of imide groups is 1. The summed E-state index contributed by atoms with van der Waals surface area (Å²) in [6.45, 7) is 9.95. The number of nitrogens with zero attached hydrogens (tertiary/aromatic N) is 2. The van der Waals surface area contributed by atoms with Crippen LogP contribution in [0.3, 0.4) is 0 Å². The summed E-state index contributed by atoms with van der Waals surface area (Å²) in [5.41, 5.74) is 3.97. The molecule has 0 aliphatic carbocycles. The van der Waals surface area contributed by atoms with E-state index in [2.05, 4.69) is 4.98 Å². The molecule has 2 rings (SSSR count). The molecule has 0 saturated heterocycles. The van der Waals surface area contributed by atoms with Crippen molar-refractivity contribution in [1.82, 2.24) is 4.98 Å². The normalized spacial score (nSPS) is 12.0. The zero-order valence-corrected chi connectivity index (χ0v) is 16.3. The van der Waals surface area contributed by atoms with E-state index < -0.39 is 29.2 Å². The lowest BCUT2D eigenvalue weighted by atomic mass is 10.1. The topological polar surface area (TPSA) is 94.8 Å². The van der Waals surface area contributed by atoms with Crippen molar-refractivity contribution in [3.63, 3.8) is 0 Å². The lowest BCUT2D eigenvalue weighted by Gasteiger charge is -2.28. The summed E-state index contributed by atoms with van der Waals surface area (Å²) < 4.78 is 25.2. The molecule has 27 heavy (non-hydrogen) atoms. The fourth-order valence-electron chi connectivity index (χ4n) is 2.31. The van der Waals surface area contributed by atoms with E-state index >= 15 is 0 Å². The number of aromatic nitrogens is 1. The molecule has 7 nitrogen and oxygen atoms in total. The molecule has 2 amide bonds. The van der Waals surface area contributed by atoms with Gasteiger partial charge in [-0.05, 0) is 65.1 Å². The number of hydrogen-bond donors (Lipinski definition) is 1. The second kappa shape index (κ2) is 7.02. The first kappa shape index (κ1) is 20.4. The number of anilines is 2. The van der Waals surface area contributed by atoms with Crippen molar-refractivity contribution in [1.29, 1.82) is 0 Å². The number of halogens is 1. The number of nitrogens with two attached hydrogens (primary N) is 1. The Kier molecular flexibility index (Phi) is 5.30. The van der Waals surface area contributed by atoms with Crippen LogP contribution in [0, 0.1) is 5.82 Å². The first-order valence-electron chi connectivity index (χ1n) is 8.38. The molecule has 0 atom stereocenters. The molecule has 0 spiro atoms. The third-order valence-electron chi connectivity index (χ3n) is 3.24. The predicted octanol–water partition coefficient (Wildman–Crippen LogP) is 4.63. The van der Waals surface area contributed by atoms with E-state index in [0.717, 1.165) is 6.07 Å². The Morgan fingerprint density at radius 1 is 1.04 bits per heavy atom. The van der Waals surface area contributed by atoms with E-state index in [1.54, 1.807) is 41.5 Å². The molecule has 0 radical (unpaired) electrons. The third-order valence-corrected chi connectivity index (χ3v) is 3.24. The number of hydrogen-bond acceptors (Lipinski definition) is 6. The summed E-state index contributed by atoms with van der Waals surface area (Å²) in [5, 5.41) is 0.490. The lowest BCUT2D eigenvalue weighted by molar-refractivity contribution is 0.0431. The van der Waals surface area contributed by atoms with Crippen molar-refractivity contribution in [2.24, 2.45) is 0 Å². The van der Waals surface area contributed by atoms with Gasteiger partial charge in [-0.3, -0.25) is 0 Å². The van der Waals surface area contributed by atoms with Gasteiger partial charge in [0.05, 0.1) is 11.1 Å². The zero-order chi connectivity index (χ0) is 20.6. The number of pyridine rings is 1. The van der Waals surface area contributed by atoms with E-state index in [1.807, 2.05) is 0 Å². The highest BCUT2D eigenvalue weighted by Gasteiger charge is 2.33. The van der Waals surface area contributed by atoms with Crippen molar-refractivity contribution in [3.8, 4) is 0 Å². The van der Waals surface area contributed by atoms with Crippen LogP contribution in [-0.4, -0.2) is 28.4 Å². The SMILES string of the molecule is CC(C)(C)OC(=O)N(C(=O)OC(C)(C)C)c1cc(F)c2c(N)nccc2c1. The quantitative estimate of drug-likeness (QED) is 0.778. The van der Waals surface area contributed by atoms with Crippen molar-refractivity contribution in [2.45, 2.75) is 52.7 Å². The maximum absolute atomic E-state index is 14.6. The molecule has 1 aromatic carbocycles. The molecule has 2 N–H and O–H groups in total. The lowest BCUT2D eigenvalue weighted by Crippen LogP contribution is -2.43. The summed E-state index contributed by atoms with van der Waals surface area (Å²) in [5.74, 6) is -0.706. The van der Waals surface area contributed by atoms with Crippen LogP contribution in [0.25, 0.3) is 10.8 Å². The van der Waals surface area contributed by atoms with E-state index in [0.29, 0.717) is 10.3 Å². The molecular weight excluding hydrogens is 353 g/mol. The number of fused-ring (bicyclic) bond motifs is 1. The van der Waals surface area contributed by atoms with Crippen LogP contribution in [-0.2, 0) is 9.47 Å². The Labute approximate surface area is 157 Å². The van der Waals surface area contributed by atoms with Gasteiger partial charge in [-0.2, -0.15) is 4.90 Å². The van der Waals surface area contributed by atoms with Gasteiger partial charge in [-0.1, -0.05) is 0 Å². The van der Waals surface area contributed by atoms with Crippen LogP contribution in [0.5, 0.6) is 0 Å². The average Bonchev–Trinajstić information content (AvgIpc) is 2.42. The Morgan fingerprint density at radius 3 is 2.04 bits per heavy atom. The number of amides is 2. The van der Waals surface area contributed by atoms with Crippen molar-refractivity contribution in [3.05, 3.63) is 30.2 Å². The van der Waals surface area contributed by atoms with E-state index in [1.165, 1.54) is 18.3 Å². The third kappa shape index (κ3) is 5.06. The summed E-state index contributed by atoms with van der Waals surface area (Å²) in [6, 6.07) is 4.00. The monoisotopic (exact) mass is 377 g/mol. The zero-order valence-electron chi connectivity index (χ0n) is 16.3. The Morgan fingerprint density at radius 2 is 1.56 bits per heavy atom. The van der Waals surface area contributed by atoms with E-state index in [9.17, 15) is 14.0 Å². The molecule has 2 aromatic rings. The highest BCUT2D eigenvalue weighted by molar-refractivity contribution is 6.11. The van der Waals surface area contributed by atoms with Gasteiger partial charge in [0.2, 0.25) is 0 Å². The Balaban J connectivity index is 2.57. The predicted molar refractivity (Wildman–Crippen MR) is 101 cm³/mol. The van der Waals surface area contributed by atoms with Crippen molar-refractivity contribution >= 4 is 34.5 Å². The molecule has 0 unspecified atom stereocenters. The molecule has 0 saturated carbocycles. The summed E-state index contributed by atoms with van der Waals surface area (Å²) in [6.07, 6.45) is -0.540. The van der Waals surface area contributed by atoms with Gasteiger partial charge in [0.1, 0.15) is 22.8 Å². The number of benzene rings is 1. The van der Waals surface area contributed by atoms with Crippen LogP contribution in [0.4, 0.5) is 25.5 Å². The molecule has 0 aliphatic heterocycles. The fourth-order valence-corrected chi connectivity index (χ4v) is 2.31. The summed E-state index contributed by atoms with van der Waals surface area (Å²) >= 11 is 0. The van der Waals surface area contributed by atoms with Gasteiger partial charge in [-0.25, -0.2) is 19.0 Å². The van der Waals surface area contributed by atoms with E-state index in [4.69, 9.17) is 15.2 Å². The summed E-state index contributed by atoms with van der Waals surface area (Å²) in [7, 11) is 0. The molecule has 146 valence electrons. The van der Waals surface area contributed by atoms with Gasteiger partial charge in [0.15, 0.2) is 0 Å². The maximum atomic E-state index is 14.6. The van der Waals surface area contributed by atoms with Crippen LogP contribution in [0.15, 0.2) is 24.4 Å². The number of rotatable bonds is 1. The molecule has 0 fully saturated rings. The number of ether oxygens (including phenoxy) is 2. The Bertz CT molecular complexity index is 857. The molecular formula is C19H24FN3O4. The minimum atomic E-state index is -0.975. The van der Waals surface area contributed by atoms with Crippen LogP contribution < -0.4 is 10.6 Å². The molecule has 0 bridgehead atoms. The Hall–Kier alpha value is -2.90. The van der Waals surface area contributed by atoms with Crippen LogP contribution in [0.2, 0.25) is 0 Å². The van der Waals surface area contributed by atoms with Crippen molar-refractivity contribution in [2.75, 3.05) is 10.6 Å². The standard InChI is InChI=1S/C19H24FN3O4/c1-18(2,3)26-16(24)23(17(25)27-19(4,5)6)12-9-11-7-8-22-15(21)14(11)13(20)10-12/h7-10H,1-6H3,(H2,21,22). The van der Waals surface area contributed by atoms with Crippen molar-refractivity contribution < 1.29 is 23.5 Å². The molecule has 1 heterocycles. The molecule has 0 aliphatic rings. The minimum absolute atomic E-state index is 0.0117. The second-order valence-electron chi connectivity index (χ2n) is 8.02. The van der Waals surface area contributed by atoms with Gasteiger partial charge in [-0.15, -0.1) is 0 Å². The molecule has 1 aromatic heterocycles. The second-order valence-corrected chi connectivity index (χ2v) is 8.02. The fraction of sp³-hybridized carbons (Fsp3) is 0.421. The first-order valence-corrected chi connectivity index (χ1v) is 8.38. The van der Waals surface area contributed by atoms with Gasteiger partial charge >= 0.3 is 12.2 Å². The molecule has 8 heteroatoms. The number of carbonyl (C=O) groups is 2. The summed E-state index contributed by atoms with van der Waals surface area (Å²) in [4.78, 5) is 29.8. The minimum Gasteiger partial charge on any atom is -0.443 e. The first-order chi connectivity index (χ1) is 12.3.